The summed E-state index contributed by atoms with van der Waals surface area (Å²) in [5.41, 5.74) is 1.97. The molecule has 1 heterocycles. The number of carbonyl (C=O) groups excluding carboxylic acids is 2. The van der Waals surface area contributed by atoms with E-state index in [0.29, 0.717) is 11.1 Å². The largest absolute Gasteiger partial charge is 0.462 e. The molecule has 0 unspecified atom stereocenters. The Morgan fingerprint density at radius 2 is 1.65 bits per heavy atom. The van der Waals surface area contributed by atoms with Crippen LogP contribution in [0.1, 0.15) is 45.8 Å². The molecule has 0 aliphatic rings. The van der Waals surface area contributed by atoms with Gasteiger partial charge in [-0.15, -0.1) is 0 Å². The van der Waals surface area contributed by atoms with Crippen molar-refractivity contribution in [2.75, 3.05) is 13.2 Å². The number of nitrogens with one attached hydrogen (secondary N) is 1. The van der Waals surface area contributed by atoms with Crippen molar-refractivity contribution < 1.29 is 19.1 Å². The number of ether oxygens (including phenoxy) is 2. The van der Waals surface area contributed by atoms with Gasteiger partial charge in [0.25, 0.3) is 0 Å². The van der Waals surface area contributed by atoms with Crippen LogP contribution >= 0.6 is 0 Å². The van der Waals surface area contributed by atoms with Crippen LogP contribution < -0.4 is 0 Å². The lowest BCUT2D eigenvalue weighted by molar-refractivity contribution is 0.0518. The van der Waals surface area contributed by atoms with Crippen LogP contribution in [-0.2, 0) is 9.47 Å². The predicted molar refractivity (Wildman–Crippen MR) is 88.1 cm³/mol. The molecule has 0 saturated heterocycles. The molecule has 5 heteroatoms. The lowest BCUT2D eigenvalue weighted by Crippen LogP contribution is -2.09. The van der Waals surface area contributed by atoms with Crippen molar-refractivity contribution in [3.8, 4) is 0 Å². The summed E-state index contributed by atoms with van der Waals surface area (Å²) in [7, 11) is 0. The second-order valence-electron chi connectivity index (χ2n) is 4.68. The van der Waals surface area contributed by atoms with Gasteiger partial charge >= 0.3 is 11.9 Å². The van der Waals surface area contributed by atoms with Crippen molar-refractivity contribution in [3.05, 3.63) is 58.9 Å². The molecule has 1 N–H and O–H groups in total. The number of H-pyrrole nitrogens is 1. The highest BCUT2D eigenvalue weighted by atomic mass is 16.5. The quantitative estimate of drug-likeness (QED) is 0.828. The summed E-state index contributed by atoms with van der Waals surface area (Å²) in [5, 5.41) is 0. The highest BCUT2D eigenvalue weighted by Gasteiger charge is 2.21. The molecular weight excluding hydrogens is 294 g/mol. The monoisotopic (exact) mass is 313 g/mol. The Hall–Kier alpha value is -2.82. The van der Waals surface area contributed by atoms with Gasteiger partial charge < -0.3 is 14.5 Å². The molecular formula is C18H19NO4. The Morgan fingerprint density at radius 3 is 2.30 bits per heavy atom. The molecule has 0 fully saturated rings. The summed E-state index contributed by atoms with van der Waals surface area (Å²) in [6.07, 6.45) is 5.01. The normalized spacial score (nSPS) is 10.7. The third-order valence-corrected chi connectivity index (χ3v) is 3.14. The molecule has 2 rings (SSSR count). The molecule has 0 amide bonds. The van der Waals surface area contributed by atoms with Crippen molar-refractivity contribution >= 4 is 24.1 Å². The van der Waals surface area contributed by atoms with Crippen LogP contribution in [0.3, 0.4) is 0 Å². The van der Waals surface area contributed by atoms with E-state index in [1.165, 1.54) is 6.20 Å². The van der Waals surface area contributed by atoms with Gasteiger partial charge in [0.15, 0.2) is 0 Å². The van der Waals surface area contributed by atoms with Crippen molar-refractivity contribution in [1.29, 1.82) is 0 Å². The number of aromatic amines is 1. The Bertz CT molecular complexity index is 666. The topological polar surface area (TPSA) is 68.4 Å². The third-order valence-electron chi connectivity index (χ3n) is 3.14. The third kappa shape index (κ3) is 4.10. The highest BCUT2D eigenvalue weighted by Crippen LogP contribution is 2.20. The van der Waals surface area contributed by atoms with Crippen LogP contribution in [0.2, 0.25) is 0 Å². The van der Waals surface area contributed by atoms with E-state index >= 15 is 0 Å². The first-order valence-electron chi connectivity index (χ1n) is 7.46. The fourth-order valence-electron chi connectivity index (χ4n) is 2.10. The Labute approximate surface area is 134 Å². The summed E-state index contributed by atoms with van der Waals surface area (Å²) >= 11 is 0. The van der Waals surface area contributed by atoms with E-state index in [-0.39, 0.29) is 18.9 Å². The Kier molecular flexibility index (Phi) is 5.74. The second-order valence-corrected chi connectivity index (χ2v) is 4.68. The number of benzene rings is 1. The van der Waals surface area contributed by atoms with E-state index in [4.69, 9.17) is 9.47 Å². The first-order chi connectivity index (χ1) is 11.2. The first kappa shape index (κ1) is 16.5. The lowest BCUT2D eigenvalue weighted by Gasteiger charge is -2.04. The van der Waals surface area contributed by atoms with Crippen LogP contribution in [0, 0.1) is 0 Å². The van der Waals surface area contributed by atoms with Crippen LogP contribution in [0.25, 0.3) is 12.2 Å². The number of hydrogen-bond acceptors (Lipinski definition) is 4. The van der Waals surface area contributed by atoms with Crippen LogP contribution in [0.5, 0.6) is 0 Å². The summed E-state index contributed by atoms with van der Waals surface area (Å²) in [6, 6.07) is 9.60. The average molecular weight is 313 g/mol. The molecule has 0 saturated carbocycles. The van der Waals surface area contributed by atoms with E-state index in [2.05, 4.69) is 4.98 Å². The molecule has 0 radical (unpaired) electrons. The standard InChI is InChI=1S/C18H19NO4/c1-3-22-17(20)15-12-19-16(18(21)23-4-2)14(15)11-10-13-8-6-5-7-9-13/h5-12,19H,3-4H2,1-2H3/b11-10+. The molecule has 0 aliphatic carbocycles. The summed E-state index contributed by atoms with van der Waals surface area (Å²) < 4.78 is 10.0. The van der Waals surface area contributed by atoms with Crippen LogP contribution in [0.4, 0.5) is 0 Å². The molecule has 1 aromatic carbocycles. The zero-order valence-electron chi connectivity index (χ0n) is 13.2. The van der Waals surface area contributed by atoms with Crippen LogP contribution in [-0.4, -0.2) is 30.1 Å². The summed E-state index contributed by atoms with van der Waals surface area (Å²) in [5.74, 6) is -0.984. The zero-order valence-corrected chi connectivity index (χ0v) is 13.2. The summed E-state index contributed by atoms with van der Waals surface area (Å²) in [6.45, 7) is 3.98. The number of rotatable bonds is 6. The smallest absolute Gasteiger partial charge is 0.355 e. The van der Waals surface area contributed by atoms with Gasteiger partial charge in [0.05, 0.1) is 18.8 Å². The van der Waals surface area contributed by atoms with Crippen molar-refractivity contribution in [1.82, 2.24) is 4.98 Å². The van der Waals surface area contributed by atoms with Crippen molar-refractivity contribution in [2.24, 2.45) is 0 Å². The van der Waals surface area contributed by atoms with Crippen LogP contribution in [0.15, 0.2) is 36.5 Å². The Balaban J connectivity index is 2.39. The molecule has 2 aromatic rings. The summed E-state index contributed by atoms with van der Waals surface area (Å²) in [4.78, 5) is 26.9. The molecule has 0 atom stereocenters. The van der Waals surface area contributed by atoms with Gasteiger partial charge in [-0.05, 0) is 19.4 Å². The predicted octanol–water partition coefficient (Wildman–Crippen LogP) is 3.54. The fourth-order valence-corrected chi connectivity index (χ4v) is 2.10. The maximum Gasteiger partial charge on any atom is 0.355 e. The lowest BCUT2D eigenvalue weighted by atomic mass is 10.1. The maximum absolute atomic E-state index is 12.0. The maximum atomic E-state index is 12.0. The SMILES string of the molecule is CCOC(=O)c1c[nH]c(C(=O)OCC)c1/C=C/c1ccccc1. The zero-order chi connectivity index (χ0) is 16.7. The first-order valence-corrected chi connectivity index (χ1v) is 7.46. The minimum Gasteiger partial charge on any atom is -0.462 e. The molecule has 1 aromatic heterocycles. The Morgan fingerprint density at radius 1 is 1.00 bits per heavy atom. The average Bonchev–Trinajstić information content (AvgIpc) is 2.98. The van der Waals surface area contributed by atoms with Crippen molar-refractivity contribution in [3.63, 3.8) is 0 Å². The van der Waals surface area contributed by atoms with E-state index < -0.39 is 11.9 Å². The molecule has 23 heavy (non-hydrogen) atoms. The van der Waals surface area contributed by atoms with Gasteiger partial charge in [0.2, 0.25) is 0 Å². The van der Waals surface area contributed by atoms with Gasteiger partial charge in [-0.3, -0.25) is 0 Å². The molecule has 0 aliphatic heterocycles. The number of hydrogen-bond donors (Lipinski definition) is 1. The van der Waals surface area contributed by atoms with Gasteiger partial charge in [0.1, 0.15) is 5.69 Å². The molecule has 0 spiro atoms. The number of aromatic nitrogens is 1. The molecule has 0 bridgehead atoms. The molecule has 120 valence electrons. The minimum atomic E-state index is -0.504. The van der Waals surface area contributed by atoms with Gasteiger partial charge in [-0.2, -0.15) is 0 Å². The van der Waals surface area contributed by atoms with Gasteiger partial charge in [-0.25, -0.2) is 9.59 Å². The fraction of sp³-hybridized carbons (Fsp3) is 0.222. The van der Waals surface area contributed by atoms with Gasteiger partial charge in [0, 0.05) is 11.8 Å². The van der Waals surface area contributed by atoms with E-state index in [1.54, 1.807) is 19.9 Å². The minimum absolute atomic E-state index is 0.238. The molecule has 5 nitrogen and oxygen atoms in total. The number of esters is 2. The van der Waals surface area contributed by atoms with Gasteiger partial charge in [-0.1, -0.05) is 42.5 Å². The van der Waals surface area contributed by atoms with E-state index in [9.17, 15) is 9.59 Å². The highest BCUT2D eigenvalue weighted by molar-refractivity contribution is 6.02. The number of carbonyl (C=O) groups is 2. The van der Waals surface area contributed by atoms with E-state index in [0.717, 1.165) is 5.56 Å². The van der Waals surface area contributed by atoms with E-state index in [1.807, 2.05) is 36.4 Å². The van der Waals surface area contributed by atoms with Crippen molar-refractivity contribution in [2.45, 2.75) is 13.8 Å². The second kappa shape index (κ2) is 7.98.